The summed E-state index contributed by atoms with van der Waals surface area (Å²) in [6.45, 7) is 2.80. The normalized spacial score (nSPS) is 13.8. The fraction of sp³-hybridized carbons (Fsp3) is 0.429. The first-order chi connectivity index (χ1) is 14.7. The average Bonchev–Trinajstić information content (AvgIpc) is 3.16. The predicted molar refractivity (Wildman–Crippen MR) is 115 cm³/mol. The number of para-hydroxylation sites is 1. The molecule has 2 aromatic rings. The van der Waals surface area contributed by atoms with Crippen molar-refractivity contribution in [3.8, 4) is 0 Å². The van der Waals surface area contributed by atoms with Gasteiger partial charge in [0.05, 0.1) is 19.1 Å². The molecule has 7 N–H and O–H groups in total. The summed E-state index contributed by atoms with van der Waals surface area (Å²) in [5.74, 6) is -3.09. The molecule has 168 valence electrons. The third kappa shape index (κ3) is 6.82. The molecule has 0 bridgehead atoms. The summed E-state index contributed by atoms with van der Waals surface area (Å²) >= 11 is 0. The predicted octanol–water partition coefficient (Wildman–Crippen LogP) is -0.114. The second-order valence-corrected chi connectivity index (χ2v) is 7.43. The number of fused-ring (bicyclic) bond motifs is 1. The van der Waals surface area contributed by atoms with Crippen LogP contribution in [0.4, 0.5) is 0 Å². The number of aromatic amines is 1. The Morgan fingerprint density at radius 1 is 1.10 bits per heavy atom. The van der Waals surface area contributed by atoms with Crippen LogP contribution in [0.1, 0.15) is 25.8 Å². The van der Waals surface area contributed by atoms with Crippen molar-refractivity contribution in [3.05, 3.63) is 36.0 Å². The zero-order valence-electron chi connectivity index (χ0n) is 17.6. The summed E-state index contributed by atoms with van der Waals surface area (Å²) in [4.78, 5) is 50.4. The number of nitrogens with two attached hydrogens (primary N) is 1. The minimum absolute atomic E-state index is 0.255. The molecule has 1 heterocycles. The van der Waals surface area contributed by atoms with Gasteiger partial charge in [-0.05, 0) is 24.0 Å². The highest BCUT2D eigenvalue weighted by Gasteiger charge is 2.25. The molecular formula is C21H29N5O5. The van der Waals surface area contributed by atoms with E-state index in [1.165, 1.54) is 0 Å². The van der Waals surface area contributed by atoms with Crippen LogP contribution in [0.5, 0.6) is 0 Å². The van der Waals surface area contributed by atoms with Gasteiger partial charge in [-0.25, -0.2) is 4.79 Å². The third-order valence-electron chi connectivity index (χ3n) is 5.12. The summed E-state index contributed by atoms with van der Waals surface area (Å²) in [7, 11) is 0. The minimum atomic E-state index is -1.13. The number of carboxylic acid groups (broad SMARTS) is 1. The van der Waals surface area contributed by atoms with Crippen molar-refractivity contribution in [1.29, 1.82) is 0 Å². The van der Waals surface area contributed by atoms with E-state index in [9.17, 15) is 24.3 Å². The van der Waals surface area contributed by atoms with Gasteiger partial charge in [0.2, 0.25) is 17.7 Å². The maximum atomic E-state index is 12.2. The Hall–Kier alpha value is -3.40. The van der Waals surface area contributed by atoms with Gasteiger partial charge in [0.1, 0.15) is 6.04 Å². The van der Waals surface area contributed by atoms with E-state index < -0.39 is 42.3 Å². The smallest absolute Gasteiger partial charge is 0.326 e. The fourth-order valence-corrected chi connectivity index (χ4v) is 3.08. The number of carbonyl (C=O) groups is 4. The Balaban J connectivity index is 1.75. The lowest BCUT2D eigenvalue weighted by atomic mass is 9.99. The van der Waals surface area contributed by atoms with Crippen LogP contribution in [-0.4, -0.2) is 59.0 Å². The molecule has 0 spiro atoms. The number of nitrogens with one attached hydrogen (secondary N) is 4. The van der Waals surface area contributed by atoms with Gasteiger partial charge in [0, 0.05) is 17.1 Å². The van der Waals surface area contributed by atoms with E-state index in [2.05, 4.69) is 20.9 Å². The number of aromatic nitrogens is 1. The summed E-state index contributed by atoms with van der Waals surface area (Å²) in [5, 5.41) is 17.3. The van der Waals surface area contributed by atoms with E-state index in [1.807, 2.05) is 31.2 Å². The Morgan fingerprint density at radius 2 is 1.77 bits per heavy atom. The highest BCUT2D eigenvalue weighted by Crippen LogP contribution is 2.18. The first kappa shape index (κ1) is 23.9. The van der Waals surface area contributed by atoms with Gasteiger partial charge >= 0.3 is 5.97 Å². The number of aliphatic carboxylic acids is 1. The first-order valence-corrected chi connectivity index (χ1v) is 10.1. The van der Waals surface area contributed by atoms with Crippen LogP contribution in [0.15, 0.2) is 30.5 Å². The lowest BCUT2D eigenvalue weighted by molar-refractivity contribution is -0.143. The molecule has 3 atom stereocenters. The van der Waals surface area contributed by atoms with Gasteiger partial charge < -0.3 is 31.8 Å². The molecule has 0 aliphatic carbocycles. The maximum absolute atomic E-state index is 12.2. The Kier molecular flexibility index (Phi) is 8.56. The highest BCUT2D eigenvalue weighted by molar-refractivity contribution is 5.91. The monoisotopic (exact) mass is 431 g/mol. The van der Waals surface area contributed by atoms with Gasteiger partial charge in [-0.2, -0.15) is 0 Å². The van der Waals surface area contributed by atoms with Gasteiger partial charge in [0.15, 0.2) is 0 Å². The van der Waals surface area contributed by atoms with Gasteiger partial charge in [0.25, 0.3) is 0 Å². The van der Waals surface area contributed by atoms with E-state index >= 15 is 0 Å². The van der Waals surface area contributed by atoms with Crippen molar-refractivity contribution < 1.29 is 24.3 Å². The summed E-state index contributed by atoms with van der Waals surface area (Å²) in [6, 6.07) is 5.78. The lowest BCUT2D eigenvalue weighted by Crippen LogP contribution is -2.50. The Bertz CT molecular complexity index is 941. The first-order valence-electron chi connectivity index (χ1n) is 10.1. The molecule has 0 radical (unpaired) electrons. The van der Waals surface area contributed by atoms with Crippen LogP contribution in [0.2, 0.25) is 0 Å². The van der Waals surface area contributed by atoms with Crippen LogP contribution in [0.25, 0.3) is 10.9 Å². The SMILES string of the molecule is CCC(C)C(NC(=O)CNC(=O)CNC(=O)C(N)Cc1c[nH]c2ccccc12)C(=O)O. The quantitative estimate of drug-likeness (QED) is 0.290. The second kappa shape index (κ2) is 11.1. The van der Waals surface area contributed by atoms with Crippen LogP contribution >= 0.6 is 0 Å². The zero-order chi connectivity index (χ0) is 23.0. The number of hydrogen-bond donors (Lipinski definition) is 6. The molecule has 1 aromatic heterocycles. The van der Waals surface area contributed by atoms with Crippen molar-refractivity contribution in [2.24, 2.45) is 11.7 Å². The van der Waals surface area contributed by atoms with Crippen molar-refractivity contribution in [2.45, 2.75) is 38.8 Å². The molecule has 1 aromatic carbocycles. The Labute approximate surface area is 179 Å². The molecule has 0 fully saturated rings. The maximum Gasteiger partial charge on any atom is 0.326 e. The van der Waals surface area contributed by atoms with E-state index in [-0.39, 0.29) is 12.5 Å². The molecule has 0 aliphatic rings. The third-order valence-corrected chi connectivity index (χ3v) is 5.12. The number of rotatable bonds is 11. The van der Waals surface area contributed by atoms with Gasteiger partial charge in [-0.1, -0.05) is 38.5 Å². The molecule has 3 amide bonds. The van der Waals surface area contributed by atoms with Crippen LogP contribution in [0.3, 0.4) is 0 Å². The molecular weight excluding hydrogens is 402 g/mol. The van der Waals surface area contributed by atoms with Crippen molar-refractivity contribution in [3.63, 3.8) is 0 Å². The summed E-state index contributed by atoms with van der Waals surface area (Å²) < 4.78 is 0. The van der Waals surface area contributed by atoms with Crippen LogP contribution in [-0.2, 0) is 25.6 Å². The summed E-state index contributed by atoms with van der Waals surface area (Å²) in [5.41, 5.74) is 7.80. The van der Waals surface area contributed by atoms with Crippen molar-refractivity contribution in [1.82, 2.24) is 20.9 Å². The number of benzene rings is 1. The number of amides is 3. The molecule has 10 heteroatoms. The molecule has 2 rings (SSSR count). The standard InChI is InChI=1S/C21H29N5O5/c1-3-12(2)19(21(30)31)26-18(28)11-24-17(27)10-25-20(29)15(22)8-13-9-23-16-7-5-4-6-14(13)16/h4-7,9,12,15,19,23H,3,8,10-11,22H2,1-2H3,(H,24,27)(H,25,29)(H,26,28)(H,30,31). The molecule has 10 nitrogen and oxygen atoms in total. The highest BCUT2D eigenvalue weighted by atomic mass is 16.4. The lowest BCUT2D eigenvalue weighted by Gasteiger charge is -2.20. The van der Waals surface area contributed by atoms with Crippen LogP contribution in [0, 0.1) is 5.92 Å². The number of carboxylic acids is 1. The molecule has 0 saturated heterocycles. The van der Waals surface area contributed by atoms with E-state index in [4.69, 9.17) is 5.73 Å². The summed E-state index contributed by atoms with van der Waals surface area (Å²) in [6.07, 6.45) is 2.67. The Morgan fingerprint density at radius 3 is 2.45 bits per heavy atom. The second-order valence-electron chi connectivity index (χ2n) is 7.43. The van der Waals surface area contributed by atoms with E-state index in [0.717, 1.165) is 16.5 Å². The molecule has 0 aliphatic heterocycles. The largest absolute Gasteiger partial charge is 0.480 e. The molecule has 3 unspecified atom stereocenters. The van der Waals surface area contributed by atoms with Crippen molar-refractivity contribution >= 4 is 34.6 Å². The number of hydrogen-bond acceptors (Lipinski definition) is 5. The topological polar surface area (TPSA) is 166 Å². The number of H-pyrrole nitrogens is 1. The molecule has 31 heavy (non-hydrogen) atoms. The fourth-order valence-electron chi connectivity index (χ4n) is 3.08. The van der Waals surface area contributed by atoms with Crippen molar-refractivity contribution in [2.75, 3.05) is 13.1 Å². The van der Waals surface area contributed by atoms with E-state index in [1.54, 1.807) is 13.1 Å². The average molecular weight is 431 g/mol. The minimum Gasteiger partial charge on any atom is -0.480 e. The van der Waals surface area contributed by atoms with Gasteiger partial charge in [-0.3, -0.25) is 14.4 Å². The van der Waals surface area contributed by atoms with Crippen LogP contribution < -0.4 is 21.7 Å². The zero-order valence-corrected chi connectivity index (χ0v) is 17.6. The van der Waals surface area contributed by atoms with E-state index in [0.29, 0.717) is 12.8 Å². The number of carbonyl (C=O) groups excluding carboxylic acids is 3. The van der Waals surface area contributed by atoms with Gasteiger partial charge in [-0.15, -0.1) is 0 Å². The molecule has 0 saturated carbocycles.